The second-order valence-corrected chi connectivity index (χ2v) is 11.5. The van der Waals surface area contributed by atoms with Gasteiger partial charge in [-0.3, -0.25) is 14.3 Å². The maximum atomic E-state index is 15.3. The van der Waals surface area contributed by atoms with Crippen molar-refractivity contribution >= 4 is 22.5 Å². The van der Waals surface area contributed by atoms with E-state index < -0.39 is 5.82 Å². The van der Waals surface area contributed by atoms with Gasteiger partial charge >= 0.3 is 0 Å². The van der Waals surface area contributed by atoms with Gasteiger partial charge in [-0.2, -0.15) is 0 Å². The predicted molar refractivity (Wildman–Crippen MR) is 136 cm³/mol. The number of H-pyrrole nitrogens is 1. The first-order chi connectivity index (χ1) is 17.4. The zero-order valence-electron chi connectivity index (χ0n) is 20.2. The molecule has 0 amide bonds. The van der Waals surface area contributed by atoms with Crippen molar-refractivity contribution in [3.8, 4) is 5.69 Å². The molecule has 1 saturated heterocycles. The van der Waals surface area contributed by atoms with Crippen LogP contribution in [0, 0.1) is 11.2 Å². The fraction of sp³-hybridized carbons (Fsp3) is 0.444. The molecule has 36 heavy (non-hydrogen) atoms. The van der Waals surface area contributed by atoms with Crippen LogP contribution in [0.2, 0.25) is 5.02 Å². The molecule has 1 N–H and O–H groups in total. The summed E-state index contributed by atoms with van der Waals surface area (Å²) in [6.45, 7) is 2.33. The molecule has 1 aromatic carbocycles. The minimum absolute atomic E-state index is 0.175. The van der Waals surface area contributed by atoms with Crippen LogP contribution >= 0.6 is 11.6 Å². The molecule has 0 atom stereocenters. The number of fused-ring (bicyclic) bond motifs is 1. The molecule has 2 aliphatic carbocycles. The lowest BCUT2D eigenvalue weighted by atomic mass is 9.56. The summed E-state index contributed by atoms with van der Waals surface area (Å²) < 4.78 is 18.8. The van der Waals surface area contributed by atoms with E-state index in [9.17, 15) is 4.79 Å². The first kappa shape index (κ1) is 22.2. The predicted octanol–water partition coefficient (Wildman–Crippen LogP) is 4.70. The molecule has 3 aromatic heterocycles. The molecule has 7 nitrogen and oxygen atoms in total. The minimum atomic E-state index is -0.426. The molecule has 9 heteroatoms. The van der Waals surface area contributed by atoms with Crippen LogP contribution in [0.3, 0.4) is 0 Å². The Morgan fingerprint density at radius 1 is 1.19 bits per heavy atom. The van der Waals surface area contributed by atoms with Crippen molar-refractivity contribution in [1.29, 1.82) is 0 Å². The number of aryl methyl sites for hydroxylation is 1. The Kier molecular flexibility index (Phi) is 4.80. The molecule has 0 radical (unpaired) electrons. The van der Waals surface area contributed by atoms with Crippen LogP contribution in [-0.4, -0.2) is 42.3 Å². The SMILES string of the molecule is Cn1cnnc1C1(c2cccc(-n3cc(Cl)c4c(F)c(CN5CCCC5)[nH]c4c3=O)c2)CC2(CC2)C1. The van der Waals surface area contributed by atoms with E-state index in [1.807, 2.05) is 23.7 Å². The number of aromatic nitrogens is 5. The smallest absolute Gasteiger partial charge is 0.279 e. The molecule has 4 heterocycles. The van der Waals surface area contributed by atoms with Crippen molar-refractivity contribution < 1.29 is 4.39 Å². The van der Waals surface area contributed by atoms with Gasteiger partial charge in [0.25, 0.3) is 5.56 Å². The third-order valence-electron chi connectivity index (χ3n) is 8.63. The van der Waals surface area contributed by atoms with Gasteiger partial charge in [0.1, 0.15) is 17.7 Å². The molecular weight excluding hydrogens is 479 g/mol. The number of pyridine rings is 1. The largest absolute Gasteiger partial charge is 0.350 e. The maximum Gasteiger partial charge on any atom is 0.279 e. The van der Waals surface area contributed by atoms with Crippen LogP contribution in [0.4, 0.5) is 4.39 Å². The van der Waals surface area contributed by atoms with E-state index in [0.29, 0.717) is 23.3 Å². The number of aromatic amines is 1. The average molecular weight is 507 g/mol. The highest BCUT2D eigenvalue weighted by molar-refractivity contribution is 6.35. The lowest BCUT2D eigenvalue weighted by Gasteiger charge is -2.48. The van der Waals surface area contributed by atoms with Crippen molar-refractivity contribution in [2.75, 3.05) is 13.1 Å². The molecule has 186 valence electrons. The highest BCUT2D eigenvalue weighted by Gasteiger charge is 2.63. The Morgan fingerprint density at radius 2 is 1.97 bits per heavy atom. The van der Waals surface area contributed by atoms with Crippen molar-refractivity contribution in [1.82, 2.24) is 29.2 Å². The minimum Gasteiger partial charge on any atom is -0.350 e. The zero-order valence-corrected chi connectivity index (χ0v) is 21.0. The Bertz CT molecular complexity index is 1550. The lowest BCUT2D eigenvalue weighted by molar-refractivity contribution is 0.145. The summed E-state index contributed by atoms with van der Waals surface area (Å²) in [5.74, 6) is 0.529. The van der Waals surface area contributed by atoms with E-state index in [1.165, 1.54) is 17.4 Å². The van der Waals surface area contributed by atoms with Crippen LogP contribution in [0.5, 0.6) is 0 Å². The van der Waals surface area contributed by atoms with Crippen molar-refractivity contribution in [3.05, 3.63) is 75.1 Å². The van der Waals surface area contributed by atoms with E-state index in [1.54, 1.807) is 12.5 Å². The molecule has 4 aromatic rings. The number of likely N-dealkylation sites (tertiary alicyclic amines) is 1. The third-order valence-corrected chi connectivity index (χ3v) is 8.92. The summed E-state index contributed by atoms with van der Waals surface area (Å²) in [6, 6.07) is 8.03. The first-order valence-corrected chi connectivity index (χ1v) is 13.1. The van der Waals surface area contributed by atoms with Gasteiger partial charge in [-0.25, -0.2) is 4.39 Å². The number of benzene rings is 1. The normalized spacial score (nSPS) is 20.3. The molecule has 0 unspecified atom stereocenters. The summed E-state index contributed by atoms with van der Waals surface area (Å²) in [4.78, 5) is 18.9. The molecule has 0 bridgehead atoms. The van der Waals surface area contributed by atoms with Crippen molar-refractivity contribution in [2.24, 2.45) is 12.5 Å². The van der Waals surface area contributed by atoms with E-state index in [4.69, 9.17) is 11.6 Å². The number of nitrogens with zero attached hydrogens (tertiary/aromatic N) is 5. The Morgan fingerprint density at radius 3 is 2.67 bits per heavy atom. The molecule has 7 rings (SSSR count). The number of hydrogen-bond donors (Lipinski definition) is 1. The second kappa shape index (κ2) is 7.76. The van der Waals surface area contributed by atoms with Crippen molar-refractivity contribution in [3.63, 3.8) is 0 Å². The van der Waals surface area contributed by atoms with Crippen molar-refractivity contribution in [2.45, 2.75) is 50.5 Å². The van der Waals surface area contributed by atoms with Gasteiger partial charge < -0.3 is 9.55 Å². The van der Waals surface area contributed by atoms with Gasteiger partial charge in [0, 0.05) is 25.5 Å². The van der Waals surface area contributed by atoms with E-state index >= 15 is 4.39 Å². The van der Waals surface area contributed by atoms with Gasteiger partial charge in [-0.1, -0.05) is 23.7 Å². The van der Waals surface area contributed by atoms with Crippen LogP contribution in [0.15, 0.2) is 41.6 Å². The van der Waals surface area contributed by atoms with Gasteiger partial charge in [0.15, 0.2) is 5.82 Å². The first-order valence-electron chi connectivity index (χ1n) is 12.7. The number of hydrogen-bond acceptors (Lipinski definition) is 4. The van der Waals surface area contributed by atoms with Crippen LogP contribution in [0.25, 0.3) is 16.6 Å². The summed E-state index contributed by atoms with van der Waals surface area (Å²) in [6.07, 6.45) is 10.1. The van der Waals surface area contributed by atoms with E-state index in [2.05, 4.69) is 32.2 Å². The number of nitrogens with one attached hydrogen (secondary N) is 1. The lowest BCUT2D eigenvalue weighted by Crippen LogP contribution is -2.45. The standard InChI is InChI=1S/C27H28ClFN6O/c1-33-16-30-32-25(33)27(14-26(15-27)7-8-26)17-5-4-6-18(11-17)35-12-19(28)21-22(29)20(31-23(21)24(35)36)13-34-9-2-3-10-34/h4-6,11-12,16,31H,2-3,7-10,13-15H2,1H3. The maximum absolute atomic E-state index is 15.3. The Balaban J connectivity index is 1.32. The third kappa shape index (κ3) is 3.23. The molecule has 1 aliphatic heterocycles. The summed E-state index contributed by atoms with van der Waals surface area (Å²) >= 11 is 6.58. The number of rotatable bonds is 5. The topological polar surface area (TPSA) is 71.7 Å². The highest BCUT2D eigenvalue weighted by atomic mass is 35.5. The summed E-state index contributed by atoms with van der Waals surface area (Å²) in [7, 11) is 1.98. The zero-order chi connectivity index (χ0) is 24.7. The van der Waals surface area contributed by atoms with E-state index in [-0.39, 0.29) is 26.9 Å². The average Bonchev–Trinajstić information content (AvgIpc) is 3.14. The van der Waals surface area contributed by atoms with Crippen LogP contribution < -0.4 is 5.56 Å². The summed E-state index contributed by atoms with van der Waals surface area (Å²) in [5.41, 5.74) is 2.34. The fourth-order valence-electron chi connectivity index (χ4n) is 6.66. The molecular formula is C27H28ClFN6O. The fourth-order valence-corrected chi connectivity index (χ4v) is 6.93. The Labute approximate surface area is 212 Å². The van der Waals surface area contributed by atoms with Crippen LogP contribution in [0.1, 0.15) is 55.6 Å². The van der Waals surface area contributed by atoms with Gasteiger partial charge in [-0.05, 0) is 74.7 Å². The van der Waals surface area contributed by atoms with Gasteiger partial charge in [0.2, 0.25) is 0 Å². The molecule has 1 spiro atoms. The number of halogens is 2. The molecule has 3 aliphatic rings. The Hall–Kier alpha value is -2.97. The summed E-state index contributed by atoms with van der Waals surface area (Å²) in [5, 5.41) is 9.03. The van der Waals surface area contributed by atoms with Crippen LogP contribution in [-0.2, 0) is 19.0 Å². The highest BCUT2D eigenvalue weighted by Crippen LogP contribution is 2.70. The second-order valence-electron chi connectivity index (χ2n) is 11.1. The van der Waals surface area contributed by atoms with Gasteiger partial charge in [0.05, 0.1) is 21.5 Å². The van der Waals surface area contributed by atoms with Gasteiger partial charge in [-0.15, -0.1) is 10.2 Å². The molecule has 2 saturated carbocycles. The van der Waals surface area contributed by atoms with E-state index in [0.717, 1.165) is 50.2 Å². The quantitative estimate of drug-likeness (QED) is 0.426. The monoisotopic (exact) mass is 506 g/mol. The molecule has 3 fully saturated rings.